The Hall–Kier alpha value is -3.40. The molecule has 4 rings (SSSR count). The summed E-state index contributed by atoms with van der Waals surface area (Å²) in [5.41, 5.74) is -1.45. The van der Waals surface area contributed by atoms with Crippen LogP contribution in [-0.2, 0) is 9.59 Å². The molecule has 0 spiro atoms. The van der Waals surface area contributed by atoms with Gasteiger partial charge in [0.15, 0.2) is 0 Å². The number of nitrogens with one attached hydrogen (secondary N) is 4. The van der Waals surface area contributed by atoms with Crippen molar-refractivity contribution in [3.8, 4) is 11.6 Å². The zero-order valence-corrected chi connectivity index (χ0v) is 13.5. The number of aromatic nitrogens is 2. The lowest BCUT2D eigenvalue weighted by molar-refractivity contribution is -0.136. The topological polar surface area (TPSA) is 150 Å². The van der Waals surface area contributed by atoms with E-state index >= 15 is 0 Å². The summed E-state index contributed by atoms with van der Waals surface area (Å²) in [6.07, 6.45) is 0. The maximum Gasteiger partial charge on any atom is 0.328 e. The van der Waals surface area contributed by atoms with Gasteiger partial charge in [-0.05, 0) is 18.2 Å². The number of aromatic amines is 2. The zero-order valence-electron chi connectivity index (χ0n) is 12.7. The maximum atomic E-state index is 12.4. The van der Waals surface area contributed by atoms with Crippen molar-refractivity contribution < 1.29 is 19.1 Å². The van der Waals surface area contributed by atoms with Crippen molar-refractivity contribution in [2.24, 2.45) is 5.92 Å². The van der Waals surface area contributed by atoms with Crippen molar-refractivity contribution in [3.05, 3.63) is 55.2 Å². The van der Waals surface area contributed by atoms with E-state index in [1.54, 1.807) is 0 Å². The van der Waals surface area contributed by atoms with Crippen LogP contribution in [0.4, 0.5) is 4.79 Å². The summed E-state index contributed by atoms with van der Waals surface area (Å²) in [6.45, 7) is 0. The minimum atomic E-state index is -1.44. The molecule has 10 nitrogen and oxygen atoms in total. The normalized spacial score (nSPS) is 19.1. The highest BCUT2D eigenvalue weighted by Gasteiger charge is 2.46. The van der Waals surface area contributed by atoms with Gasteiger partial charge in [0.25, 0.3) is 5.56 Å². The van der Waals surface area contributed by atoms with Crippen LogP contribution >= 0.6 is 11.6 Å². The average molecular weight is 377 g/mol. The molecule has 132 valence electrons. The van der Waals surface area contributed by atoms with Crippen molar-refractivity contribution >= 4 is 29.4 Å². The number of H-pyrrole nitrogens is 2. The Morgan fingerprint density at radius 3 is 2.31 bits per heavy atom. The van der Waals surface area contributed by atoms with Crippen molar-refractivity contribution in [1.29, 1.82) is 0 Å². The van der Waals surface area contributed by atoms with Crippen molar-refractivity contribution in [1.82, 2.24) is 20.6 Å². The number of ether oxygens (including phenoxy) is 1. The number of halogens is 1. The third-order valence-corrected chi connectivity index (χ3v) is 4.38. The number of fused-ring (bicyclic) bond motifs is 2. The van der Waals surface area contributed by atoms with Crippen LogP contribution in [-0.4, -0.2) is 27.8 Å². The van der Waals surface area contributed by atoms with E-state index in [2.05, 4.69) is 4.98 Å². The lowest BCUT2D eigenvalue weighted by atomic mass is 9.78. The van der Waals surface area contributed by atoms with Gasteiger partial charge in [-0.15, -0.1) is 0 Å². The van der Waals surface area contributed by atoms with E-state index in [0.29, 0.717) is 5.56 Å². The summed E-state index contributed by atoms with van der Waals surface area (Å²) >= 11 is 6.01. The lowest BCUT2D eigenvalue weighted by Gasteiger charge is -2.32. The van der Waals surface area contributed by atoms with E-state index in [0.717, 1.165) is 0 Å². The van der Waals surface area contributed by atoms with Crippen LogP contribution in [0.15, 0.2) is 27.8 Å². The van der Waals surface area contributed by atoms with Crippen molar-refractivity contribution in [2.75, 3.05) is 0 Å². The van der Waals surface area contributed by atoms with Gasteiger partial charge in [-0.25, -0.2) is 9.59 Å². The van der Waals surface area contributed by atoms with Crippen LogP contribution in [0.3, 0.4) is 0 Å². The number of carbonyl (C=O) groups excluding carboxylic acids is 3. The molecule has 0 radical (unpaired) electrons. The Balaban J connectivity index is 1.99. The summed E-state index contributed by atoms with van der Waals surface area (Å²) in [7, 11) is 0. The molecule has 1 aromatic heterocycles. The summed E-state index contributed by atoms with van der Waals surface area (Å²) < 4.78 is 5.54. The number of imide groups is 2. The van der Waals surface area contributed by atoms with Gasteiger partial charge in [0.05, 0.1) is 5.56 Å². The molecule has 0 unspecified atom stereocenters. The van der Waals surface area contributed by atoms with Gasteiger partial charge in [-0.3, -0.25) is 35.0 Å². The first-order valence-corrected chi connectivity index (χ1v) is 7.72. The second kappa shape index (κ2) is 5.56. The molecule has 0 aliphatic carbocycles. The lowest BCUT2D eigenvalue weighted by Crippen LogP contribution is -2.58. The van der Waals surface area contributed by atoms with Gasteiger partial charge in [0.1, 0.15) is 11.7 Å². The Labute approximate surface area is 148 Å². The molecule has 1 aromatic carbocycles. The molecule has 3 heterocycles. The SMILES string of the molecule is O=C1NC(=O)C([C@@H]2c3cc(Cl)ccc3Oc3[nH]c(=O)[nH]c(=O)c32)C(=O)N1. The van der Waals surface area contributed by atoms with Gasteiger partial charge < -0.3 is 4.74 Å². The van der Waals surface area contributed by atoms with Gasteiger partial charge in [0, 0.05) is 16.5 Å². The van der Waals surface area contributed by atoms with E-state index in [-0.39, 0.29) is 22.2 Å². The first kappa shape index (κ1) is 16.1. The fourth-order valence-corrected chi connectivity index (χ4v) is 3.32. The van der Waals surface area contributed by atoms with Crippen LogP contribution in [0.25, 0.3) is 0 Å². The molecule has 2 aliphatic rings. The number of hydrogen-bond acceptors (Lipinski definition) is 6. The highest BCUT2D eigenvalue weighted by molar-refractivity contribution is 6.30. The first-order valence-electron chi connectivity index (χ1n) is 7.34. The van der Waals surface area contributed by atoms with Crippen LogP contribution in [0.1, 0.15) is 17.0 Å². The van der Waals surface area contributed by atoms with Crippen molar-refractivity contribution in [2.45, 2.75) is 5.92 Å². The molecule has 2 aromatic rings. The largest absolute Gasteiger partial charge is 0.440 e. The van der Waals surface area contributed by atoms with E-state index in [9.17, 15) is 24.0 Å². The smallest absolute Gasteiger partial charge is 0.328 e. The van der Waals surface area contributed by atoms with Crippen LogP contribution < -0.4 is 26.6 Å². The second-order valence-electron chi connectivity index (χ2n) is 5.70. The van der Waals surface area contributed by atoms with E-state index < -0.39 is 40.9 Å². The predicted molar refractivity (Wildman–Crippen MR) is 86.2 cm³/mol. The average Bonchev–Trinajstić information content (AvgIpc) is 2.53. The summed E-state index contributed by atoms with van der Waals surface area (Å²) in [6, 6.07) is 3.49. The van der Waals surface area contributed by atoms with E-state index in [4.69, 9.17) is 16.3 Å². The van der Waals surface area contributed by atoms with E-state index in [1.165, 1.54) is 18.2 Å². The summed E-state index contributed by atoms with van der Waals surface area (Å²) in [5.74, 6) is -4.30. The van der Waals surface area contributed by atoms with Gasteiger partial charge in [0.2, 0.25) is 17.7 Å². The molecule has 1 fully saturated rings. The maximum absolute atomic E-state index is 12.4. The Kier molecular flexibility index (Phi) is 3.44. The van der Waals surface area contributed by atoms with Crippen LogP contribution in [0, 0.1) is 5.92 Å². The zero-order chi connectivity index (χ0) is 18.6. The number of benzene rings is 1. The first-order chi connectivity index (χ1) is 12.3. The minimum Gasteiger partial charge on any atom is -0.440 e. The highest BCUT2D eigenvalue weighted by Crippen LogP contribution is 2.46. The van der Waals surface area contributed by atoms with E-state index in [1.807, 2.05) is 15.6 Å². The Morgan fingerprint density at radius 1 is 0.923 bits per heavy atom. The van der Waals surface area contributed by atoms with Gasteiger partial charge in [-0.1, -0.05) is 11.6 Å². The summed E-state index contributed by atoms with van der Waals surface area (Å²) in [5, 5.41) is 4.28. The molecule has 1 saturated heterocycles. The molecule has 1 atom stereocenters. The van der Waals surface area contributed by atoms with Crippen LogP contribution in [0.2, 0.25) is 5.02 Å². The number of rotatable bonds is 1. The molecular weight excluding hydrogens is 368 g/mol. The standard InChI is InChI=1S/C15H9ClN4O6/c16-4-1-2-6-5(3-4)7(8-10(21)17-14(24)18-11(8)22)9-12(23)19-15(25)20-13(9)26-6/h1-3,7-8H,(H2,19,20,23,25)(H2,17,18,21,22,24)/t7-/m0/s1. The molecular formula is C15H9ClN4O6. The summed E-state index contributed by atoms with van der Waals surface area (Å²) in [4.78, 5) is 64.4. The molecule has 0 saturated carbocycles. The molecule has 2 aliphatic heterocycles. The number of barbiturate groups is 1. The molecule has 4 amide bonds. The predicted octanol–water partition coefficient (Wildman–Crippen LogP) is -0.0636. The molecule has 0 bridgehead atoms. The number of hydrogen-bond donors (Lipinski definition) is 4. The number of urea groups is 1. The number of carbonyl (C=O) groups is 3. The number of amides is 4. The van der Waals surface area contributed by atoms with Gasteiger partial charge >= 0.3 is 11.7 Å². The van der Waals surface area contributed by atoms with Crippen LogP contribution in [0.5, 0.6) is 11.6 Å². The van der Waals surface area contributed by atoms with Crippen molar-refractivity contribution in [3.63, 3.8) is 0 Å². The fourth-order valence-electron chi connectivity index (χ4n) is 3.14. The second-order valence-corrected chi connectivity index (χ2v) is 6.13. The third kappa shape index (κ3) is 2.39. The monoisotopic (exact) mass is 376 g/mol. The fraction of sp³-hybridized carbons (Fsp3) is 0.133. The Morgan fingerprint density at radius 2 is 1.62 bits per heavy atom. The molecule has 4 N–H and O–H groups in total. The highest BCUT2D eigenvalue weighted by atomic mass is 35.5. The molecule has 11 heteroatoms. The minimum absolute atomic E-state index is 0.121. The Bertz CT molecular complexity index is 1080. The molecule has 26 heavy (non-hydrogen) atoms. The quantitative estimate of drug-likeness (QED) is 0.512. The van der Waals surface area contributed by atoms with Gasteiger partial charge in [-0.2, -0.15) is 0 Å². The third-order valence-electron chi connectivity index (χ3n) is 4.15.